The van der Waals surface area contributed by atoms with Crippen molar-refractivity contribution in [3.8, 4) is 0 Å². The van der Waals surface area contributed by atoms with E-state index in [4.69, 9.17) is 66.3 Å². The molecular formula is C62H92O19. The van der Waals surface area contributed by atoms with Crippen LogP contribution in [0.15, 0.2) is 36.5 Å². The van der Waals surface area contributed by atoms with E-state index in [1.807, 2.05) is 20.8 Å². The normalized spacial score (nSPS) is 58.4. The zero-order valence-electron chi connectivity index (χ0n) is 48.1. The first-order chi connectivity index (χ1) is 38.8. The molecule has 14 aliphatic heterocycles. The van der Waals surface area contributed by atoms with Crippen LogP contribution in [0.2, 0.25) is 0 Å². The van der Waals surface area contributed by atoms with E-state index in [9.17, 15) is 25.5 Å². The van der Waals surface area contributed by atoms with Crippen molar-refractivity contribution in [2.24, 2.45) is 5.92 Å². The number of ether oxygens (including phenoxy) is 14. The number of aliphatic hydroxyl groups excluding tert-OH is 4. The molecular weight excluding hydrogens is 1050 g/mol. The SMILES string of the molecule is C[C@@H]1C[C@@H]2O[C@@H]3C[C@H](O)[C@]4(C)O[C@@H]5CC[C@@H]6O[C@](O)(CO)CC[C@@]6(C)O[C@@]5(C)C[C@H]4O[C@H]3C[C@H]2O[C@H]2C[C@H]3O[C@H]4C/C=C/C[C@H]5O[C@H]6C=C[C@H]7O[C@H]8C[C@H]9OCC[C@H](O)C[C@@H]9O[C@@H]8C[C@@H]7O[C@@H]6CC=C[C@@H]5O[C@@H]4C[C@@H](O)[C@]3(C)O[C@@H]2C1. The van der Waals surface area contributed by atoms with E-state index in [-0.39, 0.29) is 110 Å². The summed E-state index contributed by atoms with van der Waals surface area (Å²) in [4.78, 5) is 0. The lowest BCUT2D eigenvalue weighted by Gasteiger charge is -2.55. The van der Waals surface area contributed by atoms with Crippen molar-refractivity contribution in [2.45, 2.75) is 331 Å². The topological polar surface area (TPSA) is 230 Å². The number of hydrogen-bond acceptors (Lipinski definition) is 19. The van der Waals surface area contributed by atoms with E-state index in [1.54, 1.807) is 0 Å². The first-order valence-electron chi connectivity index (χ1n) is 31.5. The van der Waals surface area contributed by atoms with Gasteiger partial charge in [0.2, 0.25) is 0 Å². The maximum atomic E-state index is 12.5. The van der Waals surface area contributed by atoms with Crippen LogP contribution in [0.1, 0.15) is 150 Å². The van der Waals surface area contributed by atoms with Gasteiger partial charge in [-0.25, -0.2) is 0 Å². The molecule has 0 aromatic carbocycles. The molecule has 11 fully saturated rings. The quantitative estimate of drug-likeness (QED) is 0.225. The molecule has 81 heavy (non-hydrogen) atoms. The minimum atomic E-state index is -1.61. The molecule has 0 spiro atoms. The van der Waals surface area contributed by atoms with Gasteiger partial charge in [-0.3, -0.25) is 0 Å². The minimum Gasteiger partial charge on any atom is -0.393 e. The minimum absolute atomic E-state index is 0.0943. The van der Waals surface area contributed by atoms with Crippen molar-refractivity contribution >= 4 is 0 Å². The largest absolute Gasteiger partial charge is 0.393 e. The average Bonchev–Trinajstić information content (AvgIpc) is 3.83. The average molecular weight is 1140 g/mol. The third kappa shape index (κ3) is 10.7. The van der Waals surface area contributed by atoms with Gasteiger partial charge in [0, 0.05) is 64.4 Å². The summed E-state index contributed by atoms with van der Waals surface area (Å²) < 4.78 is 96.8. The lowest BCUT2D eigenvalue weighted by atomic mass is 9.76. The van der Waals surface area contributed by atoms with Gasteiger partial charge in [0.05, 0.1) is 152 Å². The second-order valence-electron chi connectivity index (χ2n) is 28.0. The fourth-order valence-corrected chi connectivity index (χ4v) is 17.3. The molecule has 14 rings (SSSR count). The van der Waals surface area contributed by atoms with Crippen LogP contribution >= 0.6 is 0 Å². The Morgan fingerprint density at radius 2 is 0.951 bits per heavy atom. The molecule has 0 aromatic rings. The van der Waals surface area contributed by atoms with Gasteiger partial charge in [0.15, 0.2) is 5.79 Å². The van der Waals surface area contributed by atoms with Gasteiger partial charge < -0.3 is 91.8 Å². The molecule has 0 saturated carbocycles. The predicted octanol–water partition coefficient (Wildman–Crippen LogP) is 4.64. The Morgan fingerprint density at radius 3 is 1.70 bits per heavy atom. The molecule has 11 saturated heterocycles. The second kappa shape index (κ2) is 21.9. The zero-order chi connectivity index (χ0) is 55.8. The van der Waals surface area contributed by atoms with E-state index in [0.29, 0.717) is 96.5 Å². The van der Waals surface area contributed by atoms with Crippen molar-refractivity contribution in [1.29, 1.82) is 0 Å². The molecule has 19 nitrogen and oxygen atoms in total. The van der Waals surface area contributed by atoms with Gasteiger partial charge in [-0.05, 0) is 91.4 Å². The molecule has 19 heteroatoms. The van der Waals surface area contributed by atoms with Crippen molar-refractivity contribution in [3.63, 3.8) is 0 Å². The first-order valence-corrected chi connectivity index (χ1v) is 31.5. The Labute approximate surface area is 476 Å². The van der Waals surface area contributed by atoms with E-state index >= 15 is 0 Å². The van der Waals surface area contributed by atoms with Gasteiger partial charge in [-0.1, -0.05) is 43.4 Å². The molecule has 14 heterocycles. The molecule has 0 radical (unpaired) electrons. The van der Waals surface area contributed by atoms with Gasteiger partial charge >= 0.3 is 0 Å². The molecule has 14 aliphatic rings. The van der Waals surface area contributed by atoms with Crippen molar-refractivity contribution < 1.29 is 91.8 Å². The van der Waals surface area contributed by atoms with Crippen LogP contribution in [0.25, 0.3) is 0 Å². The fourth-order valence-electron chi connectivity index (χ4n) is 17.3. The molecule has 31 atom stereocenters. The number of aliphatic hydroxyl groups is 5. The standard InChI is InChI=1S/C62H92O19/c1-32-21-41-45(26-47-49(73-41)28-53(66)61(5)57(77-47)30-59(3)55(79-61)16-15-54-58(2,81-59)18-19-62(67,31-63)80-54)75-50-29-56-60(4,78-51(50)22-32)52(65)27-48-37(76-56)10-7-6-9-34-35(71-48)11-8-12-36-38(69-34)13-14-39-43(70-36)25-46-44(72-39)24-40-42(74-46)23-33(64)17-20-68-40/h6-8,11,13-14,32-57,63-67H,9-10,12,15-31H2,1-5H3/b7-6+,11-8?/t32-,33+,34-,35+,36-,37+,38+,39-,40-,41+,42+,43+,44+,45-,46-,47+,48-,49-,50+,51-,52-,53+,54+,55-,56-,57-,58-,59+,60+,61+,62+/m1/s1. The summed E-state index contributed by atoms with van der Waals surface area (Å²) in [6, 6.07) is 0. The lowest BCUT2D eigenvalue weighted by molar-refractivity contribution is -0.347. The van der Waals surface area contributed by atoms with Crippen molar-refractivity contribution in [3.05, 3.63) is 36.5 Å². The second-order valence-corrected chi connectivity index (χ2v) is 28.0. The van der Waals surface area contributed by atoms with E-state index in [0.717, 1.165) is 19.3 Å². The van der Waals surface area contributed by atoms with Crippen LogP contribution in [0.4, 0.5) is 0 Å². The summed E-state index contributed by atoms with van der Waals surface area (Å²) in [5.41, 5.74) is -3.58. The van der Waals surface area contributed by atoms with E-state index < -0.39 is 89.7 Å². The van der Waals surface area contributed by atoms with Gasteiger partial charge in [-0.15, -0.1) is 0 Å². The Hall–Kier alpha value is -1.54. The predicted molar refractivity (Wildman–Crippen MR) is 287 cm³/mol. The zero-order valence-corrected chi connectivity index (χ0v) is 48.1. The Morgan fingerprint density at radius 1 is 0.432 bits per heavy atom. The maximum Gasteiger partial charge on any atom is 0.189 e. The van der Waals surface area contributed by atoms with Crippen LogP contribution in [-0.2, 0) is 66.3 Å². The maximum absolute atomic E-state index is 12.5. The summed E-state index contributed by atoms with van der Waals surface area (Å²) in [5, 5.41) is 56.1. The molecule has 0 amide bonds. The molecule has 5 N–H and O–H groups in total. The summed E-state index contributed by atoms with van der Waals surface area (Å²) in [5.74, 6) is -1.40. The third-order valence-electron chi connectivity index (χ3n) is 22.2. The Bertz CT molecular complexity index is 2340. The highest BCUT2D eigenvalue weighted by Crippen LogP contribution is 2.54. The lowest BCUT2D eigenvalue weighted by Crippen LogP contribution is -2.66. The van der Waals surface area contributed by atoms with Crippen LogP contribution in [0, 0.1) is 5.92 Å². The number of rotatable bonds is 1. The first kappa shape index (κ1) is 57.2. The van der Waals surface area contributed by atoms with Gasteiger partial charge in [-0.2, -0.15) is 0 Å². The molecule has 0 aromatic heterocycles. The Kier molecular flexibility index (Phi) is 15.5. The van der Waals surface area contributed by atoms with Crippen molar-refractivity contribution in [2.75, 3.05) is 13.2 Å². The summed E-state index contributed by atoms with van der Waals surface area (Å²) in [6.07, 6.45) is 13.7. The summed E-state index contributed by atoms with van der Waals surface area (Å²) >= 11 is 0. The molecule has 0 unspecified atom stereocenters. The van der Waals surface area contributed by atoms with E-state index in [2.05, 4.69) is 50.3 Å². The highest BCUT2D eigenvalue weighted by molar-refractivity contribution is 5.15. The van der Waals surface area contributed by atoms with Crippen LogP contribution in [0.3, 0.4) is 0 Å². The van der Waals surface area contributed by atoms with Crippen molar-refractivity contribution in [1.82, 2.24) is 0 Å². The van der Waals surface area contributed by atoms with Gasteiger partial charge in [0.1, 0.15) is 29.5 Å². The number of fused-ring (bicyclic) bond motifs is 13. The Balaban J connectivity index is 0.649. The fraction of sp³-hybridized carbons (Fsp3) is 0.903. The summed E-state index contributed by atoms with van der Waals surface area (Å²) in [6.45, 7) is 10.4. The molecule has 454 valence electrons. The summed E-state index contributed by atoms with van der Waals surface area (Å²) in [7, 11) is 0. The van der Waals surface area contributed by atoms with E-state index in [1.165, 1.54) is 0 Å². The van der Waals surface area contributed by atoms with Crippen LogP contribution < -0.4 is 0 Å². The molecule has 0 aliphatic carbocycles. The van der Waals surface area contributed by atoms with Crippen LogP contribution in [0.5, 0.6) is 0 Å². The highest BCUT2D eigenvalue weighted by atomic mass is 16.7. The van der Waals surface area contributed by atoms with Gasteiger partial charge in [0.25, 0.3) is 0 Å². The third-order valence-corrected chi connectivity index (χ3v) is 22.2. The highest BCUT2D eigenvalue weighted by Gasteiger charge is 2.64. The smallest absolute Gasteiger partial charge is 0.189 e. The van der Waals surface area contributed by atoms with Crippen LogP contribution in [-0.4, -0.2) is 220 Å². The number of hydrogen-bond donors (Lipinski definition) is 5. The molecule has 0 bridgehead atoms. The monoisotopic (exact) mass is 1140 g/mol.